The molecule has 0 aliphatic heterocycles. The molecule has 0 atom stereocenters. The van der Waals surface area contributed by atoms with E-state index >= 15 is 0 Å². The summed E-state index contributed by atoms with van der Waals surface area (Å²) in [5, 5.41) is 6.96. The fourth-order valence-electron chi connectivity index (χ4n) is 2.55. The molecule has 7 nitrogen and oxygen atoms in total. The van der Waals surface area contributed by atoms with Crippen LogP contribution in [0.3, 0.4) is 0 Å². The van der Waals surface area contributed by atoms with E-state index in [0.717, 1.165) is 5.56 Å². The Morgan fingerprint density at radius 2 is 1.71 bits per heavy atom. The Hall–Kier alpha value is -3.84. The van der Waals surface area contributed by atoms with Gasteiger partial charge in [0.1, 0.15) is 6.61 Å². The lowest BCUT2D eigenvalue weighted by molar-refractivity contribution is -0.136. The summed E-state index contributed by atoms with van der Waals surface area (Å²) in [6, 6.07) is 21.2. The molecule has 0 unspecified atom stereocenters. The SMILES string of the molecule is COc1cc(C=NNC(=O)C(=O)Nc2ccccc2)ccc1OCc1ccc(Cl)cc1. The summed E-state index contributed by atoms with van der Waals surface area (Å²) in [5.74, 6) is -0.631. The van der Waals surface area contributed by atoms with Crippen LogP contribution >= 0.6 is 11.6 Å². The highest BCUT2D eigenvalue weighted by Gasteiger charge is 2.12. The number of ether oxygens (including phenoxy) is 2. The van der Waals surface area contributed by atoms with Crippen LogP contribution in [0.2, 0.25) is 5.02 Å². The average Bonchev–Trinajstić information content (AvgIpc) is 2.79. The zero-order chi connectivity index (χ0) is 22.1. The molecule has 3 aromatic carbocycles. The number of hydrogen-bond acceptors (Lipinski definition) is 5. The number of para-hydroxylation sites is 1. The van der Waals surface area contributed by atoms with Crippen molar-refractivity contribution >= 4 is 35.3 Å². The molecule has 158 valence electrons. The molecule has 0 aliphatic carbocycles. The molecule has 2 N–H and O–H groups in total. The van der Waals surface area contributed by atoms with Gasteiger partial charge in [0.25, 0.3) is 0 Å². The van der Waals surface area contributed by atoms with Crippen LogP contribution in [-0.2, 0) is 16.2 Å². The second-order valence-electron chi connectivity index (χ2n) is 6.34. The van der Waals surface area contributed by atoms with E-state index in [0.29, 0.717) is 34.4 Å². The summed E-state index contributed by atoms with van der Waals surface area (Å²) in [4.78, 5) is 23.7. The minimum atomic E-state index is -0.880. The number of anilines is 1. The maximum absolute atomic E-state index is 11.9. The van der Waals surface area contributed by atoms with Crippen molar-refractivity contribution < 1.29 is 19.1 Å². The van der Waals surface area contributed by atoms with Crippen LogP contribution in [0.15, 0.2) is 77.9 Å². The molecule has 0 spiro atoms. The van der Waals surface area contributed by atoms with Crippen molar-refractivity contribution in [3.05, 3.63) is 88.9 Å². The van der Waals surface area contributed by atoms with Gasteiger partial charge in [0.05, 0.1) is 13.3 Å². The van der Waals surface area contributed by atoms with Crippen molar-refractivity contribution in [3.8, 4) is 11.5 Å². The van der Waals surface area contributed by atoms with Crippen molar-refractivity contribution in [2.45, 2.75) is 6.61 Å². The minimum absolute atomic E-state index is 0.355. The molecule has 2 amide bonds. The smallest absolute Gasteiger partial charge is 0.329 e. The van der Waals surface area contributed by atoms with Crippen molar-refractivity contribution in [2.24, 2.45) is 5.10 Å². The Kier molecular flexibility index (Phi) is 7.61. The fourth-order valence-corrected chi connectivity index (χ4v) is 2.68. The van der Waals surface area contributed by atoms with Gasteiger partial charge in [-0.25, -0.2) is 5.43 Å². The van der Waals surface area contributed by atoms with Gasteiger partial charge in [-0.1, -0.05) is 41.9 Å². The van der Waals surface area contributed by atoms with Gasteiger partial charge >= 0.3 is 11.8 Å². The summed E-state index contributed by atoms with van der Waals surface area (Å²) in [5.41, 5.74) is 4.33. The number of rotatable bonds is 7. The monoisotopic (exact) mass is 437 g/mol. The summed E-state index contributed by atoms with van der Waals surface area (Å²) < 4.78 is 11.2. The molecular weight excluding hydrogens is 418 g/mol. The summed E-state index contributed by atoms with van der Waals surface area (Å²) in [6.45, 7) is 0.355. The van der Waals surface area contributed by atoms with Crippen molar-refractivity contribution in [3.63, 3.8) is 0 Å². The van der Waals surface area contributed by atoms with Gasteiger partial charge in [0.2, 0.25) is 0 Å². The lowest BCUT2D eigenvalue weighted by atomic mass is 10.2. The predicted molar refractivity (Wildman–Crippen MR) is 120 cm³/mol. The number of carbonyl (C=O) groups is 2. The first-order valence-corrected chi connectivity index (χ1v) is 9.67. The van der Waals surface area contributed by atoms with Crippen LogP contribution in [0.5, 0.6) is 11.5 Å². The molecule has 31 heavy (non-hydrogen) atoms. The number of amides is 2. The van der Waals surface area contributed by atoms with Gasteiger partial charge in [0.15, 0.2) is 11.5 Å². The van der Waals surface area contributed by atoms with E-state index in [2.05, 4.69) is 15.8 Å². The van der Waals surface area contributed by atoms with Crippen LogP contribution in [0.25, 0.3) is 0 Å². The Bertz CT molecular complexity index is 1070. The Labute approximate surface area is 184 Å². The Morgan fingerprint density at radius 3 is 2.42 bits per heavy atom. The third kappa shape index (κ3) is 6.58. The van der Waals surface area contributed by atoms with Gasteiger partial charge in [-0.3, -0.25) is 9.59 Å². The number of methoxy groups -OCH3 is 1. The lowest BCUT2D eigenvalue weighted by Gasteiger charge is -2.11. The number of halogens is 1. The molecular formula is C23H20ClN3O4. The molecule has 3 aromatic rings. The molecule has 0 heterocycles. The molecule has 3 rings (SSSR count). The second kappa shape index (κ2) is 10.8. The number of benzene rings is 3. The third-order valence-corrected chi connectivity index (χ3v) is 4.36. The zero-order valence-corrected chi connectivity index (χ0v) is 17.4. The van der Waals surface area contributed by atoms with E-state index in [4.69, 9.17) is 21.1 Å². The lowest BCUT2D eigenvalue weighted by Crippen LogP contribution is -2.32. The van der Waals surface area contributed by atoms with Crippen molar-refractivity contribution in [2.75, 3.05) is 12.4 Å². The van der Waals surface area contributed by atoms with Crippen LogP contribution in [0.4, 0.5) is 5.69 Å². The van der Waals surface area contributed by atoms with Crippen molar-refractivity contribution in [1.82, 2.24) is 5.43 Å². The van der Waals surface area contributed by atoms with Gasteiger partial charge < -0.3 is 14.8 Å². The van der Waals surface area contributed by atoms with Gasteiger partial charge in [-0.05, 0) is 53.6 Å². The quantitative estimate of drug-likeness (QED) is 0.332. The maximum Gasteiger partial charge on any atom is 0.329 e. The highest BCUT2D eigenvalue weighted by atomic mass is 35.5. The van der Waals surface area contributed by atoms with Crippen LogP contribution < -0.4 is 20.2 Å². The summed E-state index contributed by atoms with van der Waals surface area (Å²) in [6.07, 6.45) is 1.40. The molecule has 0 aromatic heterocycles. The first-order chi connectivity index (χ1) is 15.0. The number of carbonyl (C=O) groups excluding carboxylic acids is 2. The second-order valence-corrected chi connectivity index (χ2v) is 6.78. The maximum atomic E-state index is 11.9. The number of hydrazone groups is 1. The van der Waals surface area contributed by atoms with E-state index < -0.39 is 11.8 Å². The molecule has 0 bridgehead atoms. The van der Waals surface area contributed by atoms with E-state index in [9.17, 15) is 9.59 Å². The fraction of sp³-hybridized carbons (Fsp3) is 0.0870. The number of nitrogens with one attached hydrogen (secondary N) is 2. The van der Waals surface area contributed by atoms with Gasteiger partial charge in [-0.15, -0.1) is 0 Å². The van der Waals surface area contributed by atoms with E-state index in [-0.39, 0.29) is 0 Å². The van der Waals surface area contributed by atoms with E-state index in [1.165, 1.54) is 13.3 Å². The molecule has 8 heteroatoms. The normalized spacial score (nSPS) is 10.5. The number of hydrogen-bond donors (Lipinski definition) is 2. The molecule has 0 saturated heterocycles. The largest absolute Gasteiger partial charge is 0.493 e. The first-order valence-electron chi connectivity index (χ1n) is 9.30. The van der Waals surface area contributed by atoms with Gasteiger partial charge in [0, 0.05) is 10.7 Å². The summed E-state index contributed by atoms with van der Waals surface area (Å²) >= 11 is 5.89. The van der Waals surface area contributed by atoms with Crippen molar-refractivity contribution in [1.29, 1.82) is 0 Å². The highest BCUT2D eigenvalue weighted by Crippen LogP contribution is 2.28. The van der Waals surface area contributed by atoms with Gasteiger partial charge in [-0.2, -0.15) is 5.10 Å². The molecule has 0 aliphatic rings. The third-order valence-electron chi connectivity index (χ3n) is 4.11. The summed E-state index contributed by atoms with van der Waals surface area (Å²) in [7, 11) is 1.53. The molecule has 0 saturated carbocycles. The van der Waals surface area contributed by atoms with E-state index in [1.807, 2.05) is 18.2 Å². The topological polar surface area (TPSA) is 89.0 Å². The first kappa shape index (κ1) is 21.9. The number of nitrogens with zero attached hydrogens (tertiary/aromatic N) is 1. The molecule has 0 radical (unpaired) electrons. The molecule has 0 fully saturated rings. The van der Waals surface area contributed by atoms with Crippen LogP contribution in [-0.4, -0.2) is 25.1 Å². The van der Waals surface area contributed by atoms with Crippen LogP contribution in [0, 0.1) is 0 Å². The standard InChI is InChI=1S/C23H20ClN3O4/c1-30-21-13-17(9-12-20(21)31-15-16-7-10-18(24)11-8-16)14-25-27-23(29)22(28)26-19-5-3-2-4-6-19/h2-14H,15H2,1H3,(H,26,28)(H,27,29). The van der Waals surface area contributed by atoms with E-state index in [1.54, 1.807) is 54.6 Å². The highest BCUT2D eigenvalue weighted by molar-refractivity contribution is 6.39. The zero-order valence-electron chi connectivity index (χ0n) is 16.7. The Balaban J connectivity index is 1.56. The Morgan fingerprint density at radius 1 is 0.968 bits per heavy atom. The minimum Gasteiger partial charge on any atom is -0.493 e. The predicted octanol–water partition coefficient (Wildman–Crippen LogP) is 4.02. The van der Waals surface area contributed by atoms with Crippen LogP contribution in [0.1, 0.15) is 11.1 Å². The average molecular weight is 438 g/mol.